The quantitative estimate of drug-likeness (QED) is 0.425. The Labute approximate surface area is 177 Å². The molecule has 0 heterocycles. The molecular formula is C27H22O3. The second kappa shape index (κ2) is 10.0. The van der Waals surface area contributed by atoms with Crippen molar-refractivity contribution in [3.8, 4) is 29.9 Å². The third kappa shape index (κ3) is 5.10. The molecule has 3 nitrogen and oxygen atoms in total. The van der Waals surface area contributed by atoms with Gasteiger partial charge in [-0.15, -0.1) is 6.42 Å². The number of benzene rings is 3. The van der Waals surface area contributed by atoms with Crippen molar-refractivity contribution in [3.63, 3.8) is 0 Å². The Hall–Kier alpha value is -3.95. The predicted octanol–water partition coefficient (Wildman–Crippen LogP) is 5.21. The van der Waals surface area contributed by atoms with Crippen LogP contribution in [0.2, 0.25) is 0 Å². The van der Waals surface area contributed by atoms with Gasteiger partial charge in [-0.05, 0) is 36.4 Å². The highest BCUT2D eigenvalue weighted by Crippen LogP contribution is 2.31. The van der Waals surface area contributed by atoms with Crippen molar-refractivity contribution in [2.24, 2.45) is 0 Å². The maximum atomic E-state index is 12.7. The molecule has 148 valence electrons. The molecule has 0 saturated heterocycles. The molecule has 0 spiro atoms. The molecule has 0 amide bonds. The first-order valence-electron chi connectivity index (χ1n) is 9.61. The van der Waals surface area contributed by atoms with Crippen LogP contribution in [0.1, 0.15) is 34.3 Å². The number of carbonyl (C=O) groups excluding carboxylic acids is 1. The fourth-order valence-corrected chi connectivity index (χ4v) is 3.02. The molecule has 3 rings (SSSR count). The van der Waals surface area contributed by atoms with E-state index in [4.69, 9.17) is 15.9 Å². The Morgan fingerprint density at radius 2 is 1.57 bits per heavy atom. The lowest BCUT2D eigenvalue weighted by Gasteiger charge is -2.28. The first-order valence-corrected chi connectivity index (χ1v) is 9.61. The highest BCUT2D eigenvalue weighted by molar-refractivity contribution is 5.89. The number of methoxy groups -OCH3 is 1. The molecule has 0 aliphatic carbocycles. The Morgan fingerprint density at radius 3 is 2.17 bits per heavy atom. The average Bonchev–Trinajstić information content (AvgIpc) is 2.82. The summed E-state index contributed by atoms with van der Waals surface area (Å²) in [4.78, 5) is 12.7. The summed E-state index contributed by atoms with van der Waals surface area (Å²) in [6, 6.07) is 25.7. The molecule has 1 atom stereocenters. The lowest BCUT2D eigenvalue weighted by atomic mass is 9.89. The summed E-state index contributed by atoms with van der Waals surface area (Å²) in [6.45, 7) is 0. The van der Waals surface area contributed by atoms with Gasteiger partial charge < -0.3 is 9.47 Å². The lowest BCUT2D eigenvalue weighted by Crippen LogP contribution is -2.31. The molecule has 1 unspecified atom stereocenters. The molecule has 0 radical (unpaired) electrons. The van der Waals surface area contributed by atoms with Crippen LogP contribution in [-0.2, 0) is 10.3 Å². The van der Waals surface area contributed by atoms with E-state index in [2.05, 4.69) is 17.8 Å². The van der Waals surface area contributed by atoms with Crippen LogP contribution >= 0.6 is 0 Å². The molecule has 0 fully saturated rings. The van der Waals surface area contributed by atoms with Gasteiger partial charge in [0.1, 0.15) is 5.75 Å². The van der Waals surface area contributed by atoms with Crippen LogP contribution < -0.4 is 4.74 Å². The lowest BCUT2D eigenvalue weighted by molar-refractivity contribution is 0.00309. The summed E-state index contributed by atoms with van der Waals surface area (Å²) < 4.78 is 11.0. The summed E-state index contributed by atoms with van der Waals surface area (Å²) in [5.74, 6) is 9.29. The van der Waals surface area contributed by atoms with E-state index in [1.54, 1.807) is 31.4 Å². The van der Waals surface area contributed by atoms with Gasteiger partial charge in [0.2, 0.25) is 0 Å². The zero-order valence-electron chi connectivity index (χ0n) is 16.8. The molecular weight excluding hydrogens is 372 g/mol. The van der Waals surface area contributed by atoms with Crippen LogP contribution in [-0.4, -0.2) is 13.1 Å². The van der Waals surface area contributed by atoms with Gasteiger partial charge in [-0.3, -0.25) is 0 Å². The molecule has 0 bridgehead atoms. The van der Waals surface area contributed by atoms with Crippen molar-refractivity contribution in [3.05, 3.63) is 102 Å². The molecule has 0 aliphatic rings. The van der Waals surface area contributed by atoms with Gasteiger partial charge in [-0.1, -0.05) is 66.3 Å². The third-order valence-corrected chi connectivity index (χ3v) is 4.67. The van der Waals surface area contributed by atoms with Gasteiger partial charge >= 0.3 is 5.97 Å². The second-order valence-electron chi connectivity index (χ2n) is 6.62. The standard InChI is InChI=1S/C27H22O3/c1-3-27(24-15-8-5-9-16-24,30-26(28)23-13-6-4-7-14-23)21-11-10-12-22-17-19-25(29-2)20-18-22/h1,4-9,13-20H,11,21H2,2H3. The van der Waals surface area contributed by atoms with E-state index in [0.29, 0.717) is 18.4 Å². The number of hydrogen-bond acceptors (Lipinski definition) is 3. The molecule has 0 aliphatic heterocycles. The number of ether oxygens (including phenoxy) is 2. The van der Waals surface area contributed by atoms with Gasteiger partial charge in [0, 0.05) is 24.0 Å². The Bertz CT molecular complexity index is 1070. The fraction of sp³-hybridized carbons (Fsp3) is 0.148. The van der Waals surface area contributed by atoms with Crippen molar-refractivity contribution in [1.82, 2.24) is 0 Å². The summed E-state index contributed by atoms with van der Waals surface area (Å²) in [7, 11) is 1.63. The van der Waals surface area contributed by atoms with Crippen molar-refractivity contribution < 1.29 is 14.3 Å². The maximum absolute atomic E-state index is 12.7. The van der Waals surface area contributed by atoms with Gasteiger partial charge in [0.05, 0.1) is 12.7 Å². The van der Waals surface area contributed by atoms with Gasteiger partial charge in [0.15, 0.2) is 5.60 Å². The first-order chi connectivity index (χ1) is 14.7. The Morgan fingerprint density at radius 1 is 0.933 bits per heavy atom. The molecule has 30 heavy (non-hydrogen) atoms. The van der Waals surface area contributed by atoms with Crippen molar-refractivity contribution in [1.29, 1.82) is 0 Å². The molecule has 0 aromatic heterocycles. The van der Waals surface area contributed by atoms with E-state index in [-0.39, 0.29) is 0 Å². The summed E-state index contributed by atoms with van der Waals surface area (Å²) in [5.41, 5.74) is 0.895. The van der Waals surface area contributed by atoms with Gasteiger partial charge in [-0.25, -0.2) is 4.79 Å². The minimum Gasteiger partial charge on any atom is -0.497 e. The smallest absolute Gasteiger partial charge is 0.339 e. The molecule has 0 saturated carbocycles. The summed E-state index contributed by atoms with van der Waals surface area (Å²) in [6.07, 6.45) is 6.75. The number of esters is 1. The number of rotatable bonds is 6. The van der Waals surface area contributed by atoms with E-state index in [0.717, 1.165) is 16.9 Å². The average molecular weight is 394 g/mol. The number of hydrogen-bond donors (Lipinski definition) is 0. The zero-order valence-corrected chi connectivity index (χ0v) is 16.8. The maximum Gasteiger partial charge on any atom is 0.339 e. The SMILES string of the molecule is C#CC(CCC#Cc1ccc(OC)cc1)(OC(=O)c1ccccc1)c1ccccc1. The fourth-order valence-electron chi connectivity index (χ4n) is 3.02. The van der Waals surface area contributed by atoms with Crippen LogP contribution in [0, 0.1) is 24.2 Å². The molecule has 3 heteroatoms. The molecule has 3 aromatic carbocycles. The van der Waals surface area contributed by atoms with Crippen LogP contribution in [0.5, 0.6) is 5.75 Å². The minimum atomic E-state index is -1.19. The molecule has 3 aromatic rings. The van der Waals surface area contributed by atoms with Crippen LogP contribution in [0.4, 0.5) is 0 Å². The Balaban J connectivity index is 1.80. The highest BCUT2D eigenvalue weighted by atomic mass is 16.6. The van der Waals surface area contributed by atoms with E-state index < -0.39 is 11.6 Å². The van der Waals surface area contributed by atoms with E-state index in [1.165, 1.54) is 0 Å². The van der Waals surface area contributed by atoms with Crippen molar-refractivity contribution >= 4 is 5.97 Å². The summed E-state index contributed by atoms with van der Waals surface area (Å²) in [5, 5.41) is 0. The van der Waals surface area contributed by atoms with E-state index in [9.17, 15) is 4.79 Å². The predicted molar refractivity (Wildman–Crippen MR) is 118 cm³/mol. The third-order valence-electron chi connectivity index (χ3n) is 4.67. The van der Waals surface area contributed by atoms with Crippen molar-refractivity contribution in [2.75, 3.05) is 7.11 Å². The monoisotopic (exact) mass is 394 g/mol. The van der Waals surface area contributed by atoms with Gasteiger partial charge in [-0.2, -0.15) is 0 Å². The summed E-state index contributed by atoms with van der Waals surface area (Å²) >= 11 is 0. The highest BCUT2D eigenvalue weighted by Gasteiger charge is 2.34. The van der Waals surface area contributed by atoms with Crippen molar-refractivity contribution in [2.45, 2.75) is 18.4 Å². The van der Waals surface area contributed by atoms with Crippen LogP contribution in [0.15, 0.2) is 84.9 Å². The van der Waals surface area contributed by atoms with Gasteiger partial charge in [0.25, 0.3) is 0 Å². The van der Waals surface area contributed by atoms with E-state index in [1.807, 2.05) is 60.7 Å². The normalized spacial score (nSPS) is 11.9. The Kier molecular flexibility index (Phi) is 6.93. The van der Waals surface area contributed by atoms with E-state index >= 15 is 0 Å². The van der Waals surface area contributed by atoms with Crippen LogP contribution in [0.3, 0.4) is 0 Å². The zero-order chi connectivity index (χ0) is 21.2. The largest absolute Gasteiger partial charge is 0.497 e. The first kappa shape index (κ1) is 20.8. The van der Waals surface area contributed by atoms with Crippen LogP contribution in [0.25, 0.3) is 0 Å². The topological polar surface area (TPSA) is 35.5 Å². The number of carbonyl (C=O) groups is 1. The second-order valence-corrected chi connectivity index (χ2v) is 6.62. The minimum absolute atomic E-state index is 0.384. The molecule has 0 N–H and O–H groups in total. The number of terminal acetylenes is 1.